The van der Waals surface area contributed by atoms with Crippen LogP contribution in [0, 0.1) is 12.3 Å². The van der Waals surface area contributed by atoms with Gasteiger partial charge in [-0.3, -0.25) is 0 Å². The molecular formula is C5H8N2S3. The Bertz CT molecular complexity index is 144. The molecule has 0 aromatic rings. The van der Waals surface area contributed by atoms with E-state index < -0.39 is 0 Å². The van der Waals surface area contributed by atoms with Crippen LogP contribution >= 0.6 is 36.2 Å². The highest BCUT2D eigenvalue weighted by Gasteiger charge is 2.20. The summed E-state index contributed by atoms with van der Waals surface area (Å²) in [4.78, 5) is 0. The third kappa shape index (κ3) is 2.64. The Morgan fingerprint density at radius 1 is 1.70 bits per heavy atom. The van der Waals surface area contributed by atoms with E-state index in [4.69, 9.17) is 6.42 Å². The Morgan fingerprint density at radius 2 is 2.50 bits per heavy atom. The summed E-state index contributed by atoms with van der Waals surface area (Å²) in [6.45, 7) is 0. The van der Waals surface area contributed by atoms with Crippen molar-refractivity contribution < 1.29 is 0 Å². The van der Waals surface area contributed by atoms with Crippen LogP contribution in [-0.4, -0.2) is 15.2 Å². The Morgan fingerprint density at radius 3 is 3.00 bits per heavy atom. The van der Waals surface area contributed by atoms with Gasteiger partial charge in [0.2, 0.25) is 0 Å². The molecule has 0 saturated carbocycles. The van der Waals surface area contributed by atoms with E-state index in [1.54, 1.807) is 23.5 Å². The molecule has 10 heavy (non-hydrogen) atoms. The maximum Gasteiger partial charge on any atom is 0.116 e. The normalized spacial score (nSPS) is 32.0. The molecule has 1 aliphatic rings. The van der Waals surface area contributed by atoms with E-state index in [0.29, 0.717) is 4.71 Å². The summed E-state index contributed by atoms with van der Waals surface area (Å²) in [5.74, 6) is 3.31. The number of hydrogen-bond acceptors (Lipinski definition) is 5. The summed E-state index contributed by atoms with van der Waals surface area (Å²) in [5.41, 5.74) is 6.01. The van der Waals surface area contributed by atoms with Gasteiger partial charge in [-0.1, -0.05) is 17.7 Å². The molecule has 2 unspecified atom stereocenters. The summed E-state index contributed by atoms with van der Waals surface area (Å²) >= 11 is 7.61. The molecule has 0 aromatic carbocycles. The summed E-state index contributed by atoms with van der Waals surface area (Å²) in [6.07, 6.45) is 5.09. The molecule has 1 aliphatic heterocycles. The first-order chi connectivity index (χ1) is 4.83. The zero-order chi connectivity index (χ0) is 7.40. The molecule has 1 heterocycles. The highest BCUT2D eigenvalue weighted by Crippen LogP contribution is 2.29. The number of thioether (sulfide) groups is 2. The van der Waals surface area contributed by atoms with Crippen LogP contribution < -0.4 is 10.9 Å². The Labute approximate surface area is 74.7 Å². The summed E-state index contributed by atoms with van der Waals surface area (Å²) in [6, 6.07) is 0. The number of thiol groups is 1. The minimum absolute atomic E-state index is 0.190. The molecule has 1 rings (SSSR count). The Hall–Kier alpha value is 0.530. The molecule has 0 spiro atoms. The Balaban J connectivity index is 2.14. The Kier molecular flexibility index (Phi) is 3.81. The largest absolute Gasteiger partial charge is 0.233 e. The van der Waals surface area contributed by atoms with E-state index >= 15 is 0 Å². The molecule has 0 aromatic heterocycles. The predicted octanol–water partition coefficient (Wildman–Crippen LogP) is 0.691. The van der Waals surface area contributed by atoms with Gasteiger partial charge in [-0.05, 0) is 0 Å². The highest BCUT2D eigenvalue weighted by atomic mass is 32.2. The molecule has 2 N–H and O–H groups in total. The lowest BCUT2D eigenvalue weighted by Crippen LogP contribution is -2.30. The average Bonchev–Trinajstić information content (AvgIpc) is 2.31. The van der Waals surface area contributed by atoms with Crippen molar-refractivity contribution in [2.75, 3.05) is 5.75 Å². The molecule has 0 radical (unpaired) electrons. The van der Waals surface area contributed by atoms with Gasteiger partial charge in [0, 0.05) is 0 Å². The number of nitrogens with one attached hydrogen (secondary N) is 2. The summed E-state index contributed by atoms with van der Waals surface area (Å²) in [7, 11) is 0. The van der Waals surface area contributed by atoms with Crippen LogP contribution in [0.2, 0.25) is 0 Å². The first-order valence-electron chi connectivity index (χ1n) is 2.72. The van der Waals surface area contributed by atoms with Gasteiger partial charge in [0.15, 0.2) is 0 Å². The monoisotopic (exact) mass is 192 g/mol. The fraction of sp³-hybridized carbons (Fsp3) is 0.600. The molecule has 0 aliphatic carbocycles. The van der Waals surface area contributed by atoms with Crippen molar-refractivity contribution in [1.82, 2.24) is 10.9 Å². The maximum absolute atomic E-state index is 5.09. The first kappa shape index (κ1) is 8.62. The molecule has 2 atom stereocenters. The number of hydrazine groups is 1. The van der Waals surface area contributed by atoms with E-state index in [1.165, 1.54) is 0 Å². The zero-order valence-corrected chi connectivity index (χ0v) is 7.73. The smallest absolute Gasteiger partial charge is 0.116 e. The van der Waals surface area contributed by atoms with Crippen molar-refractivity contribution in [2.24, 2.45) is 0 Å². The first-order valence-corrected chi connectivity index (χ1v) is 5.23. The van der Waals surface area contributed by atoms with Crippen LogP contribution in [0.3, 0.4) is 0 Å². The van der Waals surface area contributed by atoms with Gasteiger partial charge in [0.1, 0.15) is 9.41 Å². The van der Waals surface area contributed by atoms with Gasteiger partial charge in [0.25, 0.3) is 0 Å². The quantitative estimate of drug-likeness (QED) is 0.443. The maximum atomic E-state index is 5.09. The molecule has 0 bridgehead atoms. The van der Waals surface area contributed by atoms with Crippen LogP contribution in [0.25, 0.3) is 0 Å². The van der Waals surface area contributed by atoms with Crippen LogP contribution in [0.15, 0.2) is 0 Å². The van der Waals surface area contributed by atoms with Crippen molar-refractivity contribution >= 4 is 36.2 Å². The predicted molar refractivity (Wildman–Crippen MR) is 51.7 cm³/mol. The lowest BCUT2D eigenvalue weighted by Gasteiger charge is -2.03. The summed E-state index contributed by atoms with van der Waals surface area (Å²) < 4.78 is 0.536. The van der Waals surface area contributed by atoms with E-state index in [0.717, 1.165) is 5.75 Å². The van der Waals surface area contributed by atoms with Gasteiger partial charge in [-0.25, -0.2) is 10.9 Å². The van der Waals surface area contributed by atoms with E-state index in [2.05, 4.69) is 29.4 Å². The molecule has 0 amide bonds. The topological polar surface area (TPSA) is 24.1 Å². The molecule has 1 saturated heterocycles. The molecule has 1 fully saturated rings. The van der Waals surface area contributed by atoms with Gasteiger partial charge in [0.05, 0.1) is 5.75 Å². The van der Waals surface area contributed by atoms with Gasteiger partial charge >= 0.3 is 0 Å². The average molecular weight is 192 g/mol. The fourth-order valence-electron chi connectivity index (χ4n) is 0.529. The zero-order valence-electron chi connectivity index (χ0n) is 5.20. The van der Waals surface area contributed by atoms with Crippen molar-refractivity contribution in [3.8, 4) is 12.3 Å². The highest BCUT2D eigenvalue weighted by molar-refractivity contribution is 8.21. The third-order valence-corrected chi connectivity index (χ3v) is 3.63. The fourth-order valence-corrected chi connectivity index (χ4v) is 2.97. The molecule has 5 heteroatoms. The third-order valence-electron chi connectivity index (χ3n) is 0.895. The van der Waals surface area contributed by atoms with Crippen molar-refractivity contribution in [3.63, 3.8) is 0 Å². The van der Waals surface area contributed by atoms with Gasteiger partial charge in [-0.15, -0.1) is 30.8 Å². The minimum Gasteiger partial charge on any atom is -0.233 e. The van der Waals surface area contributed by atoms with Gasteiger partial charge < -0.3 is 0 Å². The number of terminal acetylenes is 1. The second-order valence-electron chi connectivity index (χ2n) is 1.62. The van der Waals surface area contributed by atoms with Crippen LogP contribution in [0.1, 0.15) is 0 Å². The van der Waals surface area contributed by atoms with Crippen LogP contribution in [-0.2, 0) is 0 Å². The van der Waals surface area contributed by atoms with Crippen molar-refractivity contribution in [1.29, 1.82) is 0 Å². The number of hydrogen-bond donors (Lipinski definition) is 3. The lowest BCUT2D eigenvalue weighted by atomic mass is 10.8. The second-order valence-corrected chi connectivity index (χ2v) is 5.10. The molecule has 2 nitrogen and oxygen atoms in total. The summed E-state index contributed by atoms with van der Waals surface area (Å²) in [5, 5.41) is 0. The van der Waals surface area contributed by atoms with Crippen molar-refractivity contribution in [2.45, 2.75) is 9.41 Å². The minimum atomic E-state index is 0.190. The number of rotatable bonds is 2. The van der Waals surface area contributed by atoms with E-state index in [9.17, 15) is 0 Å². The standard InChI is InChI=1S/C5H8N2S3/c1-2-3-9-5-7-6-4(8)10-5/h1,4-8H,3H2. The van der Waals surface area contributed by atoms with E-state index in [1.807, 2.05) is 0 Å². The van der Waals surface area contributed by atoms with Gasteiger partial charge in [-0.2, -0.15) is 0 Å². The molecule has 56 valence electrons. The van der Waals surface area contributed by atoms with E-state index in [-0.39, 0.29) is 4.71 Å². The molecular weight excluding hydrogens is 184 g/mol. The van der Waals surface area contributed by atoms with Crippen LogP contribution in [0.5, 0.6) is 0 Å². The van der Waals surface area contributed by atoms with Crippen LogP contribution in [0.4, 0.5) is 0 Å². The second kappa shape index (κ2) is 4.42. The SMILES string of the molecule is C#CCSC1NNC(S)S1. The lowest BCUT2D eigenvalue weighted by molar-refractivity contribution is 0.655. The van der Waals surface area contributed by atoms with Crippen molar-refractivity contribution in [3.05, 3.63) is 0 Å².